The van der Waals surface area contributed by atoms with Crippen molar-refractivity contribution in [3.63, 3.8) is 0 Å². The van der Waals surface area contributed by atoms with Crippen LogP contribution >= 0.6 is 15.6 Å². The van der Waals surface area contributed by atoms with Crippen molar-refractivity contribution in [1.29, 1.82) is 0 Å². The van der Waals surface area contributed by atoms with Crippen LogP contribution in [0.15, 0.2) is 48.6 Å². The average Bonchev–Trinajstić information content (AvgIpc) is 1.13. The smallest absolute Gasteiger partial charge is 0.462 e. The van der Waals surface area contributed by atoms with E-state index in [4.69, 9.17) is 37.0 Å². The van der Waals surface area contributed by atoms with Gasteiger partial charge in [-0.25, -0.2) is 9.13 Å². The highest BCUT2D eigenvalue weighted by atomic mass is 31.2. The molecule has 0 saturated carbocycles. The third-order valence-electron chi connectivity index (χ3n) is 16.8. The number of phosphoric ester groups is 2. The Morgan fingerprint density at radius 1 is 0.302 bits per heavy atom. The number of ether oxygens (including phenoxy) is 4. The molecule has 0 spiro atoms. The van der Waals surface area contributed by atoms with E-state index in [1.807, 2.05) is 0 Å². The standard InChI is InChI=1S/C77H142O17P2/c1-5-9-13-17-21-25-29-32-34-35-37-40-43-46-50-54-58-62-75(80)87-67-72(93-76(81)63-59-55-51-47-41-28-24-20-16-12-8-4)69-91-95(83,84)89-65-71(78)66-90-96(85,86)92-70-73(94-77(82)64-60-56-52-48-44-38-31-27-23-19-15-11-7-3)68-88-74(79)61-57-53-49-45-42-39-36-33-30-26-22-18-14-10-6-2/h9,13,21,25,27,31-32,34,71-73,78H,5-8,10-12,14-20,22-24,26,28-30,33,35-70H2,1-4H3,(H,83,84)(H,85,86)/b13-9-,25-21-,31-27-,34-32-. The fourth-order valence-corrected chi connectivity index (χ4v) is 12.5. The van der Waals surface area contributed by atoms with Gasteiger partial charge in [0, 0.05) is 25.7 Å². The lowest BCUT2D eigenvalue weighted by atomic mass is 10.0. The van der Waals surface area contributed by atoms with Crippen LogP contribution in [0.4, 0.5) is 0 Å². The second kappa shape index (κ2) is 70.5. The summed E-state index contributed by atoms with van der Waals surface area (Å²) in [7, 11) is -9.93. The summed E-state index contributed by atoms with van der Waals surface area (Å²) >= 11 is 0. The van der Waals surface area contributed by atoms with Crippen LogP contribution in [0, 0.1) is 0 Å². The average molecular weight is 1400 g/mol. The number of unbranched alkanes of at least 4 members (excludes halogenated alkanes) is 40. The Balaban J connectivity index is 5.27. The van der Waals surface area contributed by atoms with Crippen LogP contribution < -0.4 is 0 Å². The number of carbonyl (C=O) groups is 4. The minimum absolute atomic E-state index is 0.0919. The molecule has 0 rings (SSSR count). The van der Waals surface area contributed by atoms with Crippen LogP contribution in [0.25, 0.3) is 0 Å². The Hall–Kier alpha value is -2.98. The van der Waals surface area contributed by atoms with Crippen molar-refractivity contribution in [2.45, 2.75) is 380 Å². The maximum Gasteiger partial charge on any atom is 0.472 e. The molecule has 0 aliphatic carbocycles. The van der Waals surface area contributed by atoms with Gasteiger partial charge in [0.05, 0.1) is 26.4 Å². The Bertz CT molecular complexity index is 2010. The minimum Gasteiger partial charge on any atom is -0.462 e. The number of aliphatic hydroxyl groups is 1. The molecule has 0 heterocycles. The van der Waals surface area contributed by atoms with Crippen LogP contribution in [0.5, 0.6) is 0 Å². The number of carbonyl (C=O) groups excluding carboxylic acids is 4. The van der Waals surface area contributed by atoms with Crippen molar-refractivity contribution in [3.05, 3.63) is 48.6 Å². The normalized spacial score (nSPS) is 14.2. The Kier molecular flexibility index (Phi) is 68.3. The van der Waals surface area contributed by atoms with E-state index in [1.54, 1.807) is 0 Å². The fourth-order valence-electron chi connectivity index (χ4n) is 10.9. The van der Waals surface area contributed by atoms with E-state index < -0.39 is 97.5 Å². The van der Waals surface area contributed by atoms with E-state index >= 15 is 0 Å². The highest BCUT2D eigenvalue weighted by molar-refractivity contribution is 7.47. The summed E-state index contributed by atoms with van der Waals surface area (Å²) in [6, 6.07) is 0. The molecule has 0 aliphatic heterocycles. The number of allylic oxidation sites excluding steroid dienone is 8. The van der Waals surface area contributed by atoms with Gasteiger partial charge in [0.2, 0.25) is 0 Å². The SMILES string of the molecule is CC/C=C\C/C=C\C/C=C\CCCCCCCCCC(=O)OCC(COP(=O)(O)OCC(O)COP(=O)(O)OCC(COC(=O)CCCCCCCCCCCCCCCCC)OC(=O)CCCCCCC/C=C\CCCCCC)OC(=O)CCCCCCCCCCCCC. The first-order chi connectivity index (χ1) is 46.7. The zero-order chi connectivity index (χ0) is 70.4. The molecule has 0 fully saturated rings. The van der Waals surface area contributed by atoms with Gasteiger partial charge in [-0.3, -0.25) is 37.3 Å². The molecule has 0 aromatic rings. The summed E-state index contributed by atoms with van der Waals surface area (Å²) in [5.74, 6) is -2.16. The third-order valence-corrected chi connectivity index (χ3v) is 18.7. The van der Waals surface area contributed by atoms with Gasteiger partial charge in [-0.05, 0) is 83.5 Å². The van der Waals surface area contributed by atoms with Crippen molar-refractivity contribution in [2.24, 2.45) is 0 Å². The van der Waals surface area contributed by atoms with E-state index in [-0.39, 0.29) is 25.7 Å². The second-order valence-corrected chi connectivity index (χ2v) is 29.2. The molecule has 96 heavy (non-hydrogen) atoms. The van der Waals surface area contributed by atoms with Crippen LogP contribution in [-0.4, -0.2) is 96.7 Å². The van der Waals surface area contributed by atoms with Crippen LogP contribution in [0.3, 0.4) is 0 Å². The van der Waals surface area contributed by atoms with Gasteiger partial charge in [0.25, 0.3) is 0 Å². The lowest BCUT2D eigenvalue weighted by molar-refractivity contribution is -0.161. The number of hydrogen-bond donors (Lipinski definition) is 3. The van der Waals surface area contributed by atoms with Crippen molar-refractivity contribution in [1.82, 2.24) is 0 Å². The van der Waals surface area contributed by atoms with Crippen LogP contribution in [0.2, 0.25) is 0 Å². The topological polar surface area (TPSA) is 237 Å². The van der Waals surface area contributed by atoms with Crippen molar-refractivity contribution in [2.75, 3.05) is 39.6 Å². The zero-order valence-electron chi connectivity index (χ0n) is 61.3. The summed E-state index contributed by atoms with van der Waals surface area (Å²) in [6.07, 6.45) is 66.7. The first-order valence-electron chi connectivity index (χ1n) is 38.9. The highest BCUT2D eigenvalue weighted by Crippen LogP contribution is 2.45. The highest BCUT2D eigenvalue weighted by Gasteiger charge is 2.30. The molecule has 0 amide bonds. The number of rotatable bonds is 74. The summed E-state index contributed by atoms with van der Waals surface area (Å²) in [4.78, 5) is 72.8. The van der Waals surface area contributed by atoms with Gasteiger partial charge in [0.1, 0.15) is 19.3 Å². The predicted octanol–water partition coefficient (Wildman–Crippen LogP) is 22.1. The van der Waals surface area contributed by atoms with Crippen molar-refractivity contribution >= 4 is 39.5 Å². The molecule has 0 bridgehead atoms. The minimum atomic E-state index is -4.96. The summed E-state index contributed by atoms with van der Waals surface area (Å²) < 4.78 is 68.5. The van der Waals surface area contributed by atoms with E-state index in [9.17, 15) is 43.2 Å². The molecule has 5 unspecified atom stereocenters. The zero-order valence-corrected chi connectivity index (χ0v) is 63.1. The van der Waals surface area contributed by atoms with Gasteiger partial charge >= 0.3 is 39.5 Å². The summed E-state index contributed by atoms with van der Waals surface area (Å²) in [6.45, 7) is 4.79. The van der Waals surface area contributed by atoms with Crippen molar-refractivity contribution in [3.8, 4) is 0 Å². The molecule has 5 atom stereocenters. The molecule has 17 nitrogen and oxygen atoms in total. The molecule has 0 aromatic carbocycles. The molecule has 0 aromatic heterocycles. The maximum atomic E-state index is 13.1. The Morgan fingerprint density at radius 3 is 0.854 bits per heavy atom. The molecule has 19 heteroatoms. The van der Waals surface area contributed by atoms with Gasteiger partial charge in [-0.1, -0.05) is 301 Å². The van der Waals surface area contributed by atoms with Gasteiger partial charge in [-0.15, -0.1) is 0 Å². The number of aliphatic hydroxyl groups excluding tert-OH is 1. The van der Waals surface area contributed by atoms with Crippen LogP contribution in [-0.2, 0) is 65.4 Å². The lowest BCUT2D eigenvalue weighted by Gasteiger charge is -2.21. The molecular weight excluding hydrogens is 1260 g/mol. The molecule has 562 valence electrons. The molecule has 0 radical (unpaired) electrons. The first-order valence-corrected chi connectivity index (χ1v) is 41.9. The van der Waals surface area contributed by atoms with Crippen molar-refractivity contribution < 1.29 is 80.2 Å². The van der Waals surface area contributed by atoms with Crippen LogP contribution in [0.1, 0.15) is 362 Å². The molecule has 0 saturated heterocycles. The maximum absolute atomic E-state index is 13.1. The number of esters is 4. The number of phosphoric acid groups is 2. The first kappa shape index (κ1) is 93.0. The Labute approximate surface area is 585 Å². The van der Waals surface area contributed by atoms with Gasteiger partial charge < -0.3 is 33.8 Å². The fraction of sp³-hybridized carbons (Fsp3) is 0.844. The molecular formula is C77H142O17P2. The second-order valence-electron chi connectivity index (χ2n) is 26.3. The molecule has 0 aliphatic rings. The third kappa shape index (κ3) is 69.5. The van der Waals surface area contributed by atoms with E-state index in [0.29, 0.717) is 25.7 Å². The predicted molar refractivity (Wildman–Crippen MR) is 390 cm³/mol. The van der Waals surface area contributed by atoms with E-state index in [2.05, 4.69) is 76.3 Å². The monoisotopic (exact) mass is 1400 g/mol. The Morgan fingerprint density at radius 2 is 0.542 bits per heavy atom. The number of hydrogen-bond acceptors (Lipinski definition) is 15. The molecule has 3 N–H and O–H groups in total. The van der Waals surface area contributed by atoms with E-state index in [0.717, 1.165) is 148 Å². The van der Waals surface area contributed by atoms with E-state index in [1.165, 1.54) is 135 Å². The van der Waals surface area contributed by atoms with Gasteiger partial charge in [-0.2, -0.15) is 0 Å². The largest absolute Gasteiger partial charge is 0.472 e. The van der Waals surface area contributed by atoms with Gasteiger partial charge in [0.15, 0.2) is 12.2 Å². The summed E-state index contributed by atoms with van der Waals surface area (Å²) in [5, 5.41) is 10.6. The quantitative estimate of drug-likeness (QED) is 0.0169. The lowest BCUT2D eigenvalue weighted by Crippen LogP contribution is -2.30. The summed E-state index contributed by atoms with van der Waals surface area (Å²) in [5.41, 5.74) is 0.